The van der Waals surface area contributed by atoms with E-state index in [9.17, 15) is 19.2 Å². The quantitative estimate of drug-likeness (QED) is 0.113. The normalized spacial score (nSPS) is 9.80. The molecule has 0 fully saturated rings. The Morgan fingerprint density at radius 1 is 0.463 bits per heavy atom. The smallest absolute Gasteiger partial charge is 0.330 e. The second kappa shape index (κ2) is 26.8. The number of aliphatic hydroxyl groups is 6. The average Bonchev–Trinajstić information content (AvgIpc) is 2.91. The molecule has 0 radical (unpaired) electrons. The number of hydrogen-bond donors (Lipinski definition) is 10. The lowest BCUT2D eigenvalue weighted by Crippen LogP contribution is -2.43. The molecular formula is C26H46O15. The number of carboxylic acid groups (broad SMARTS) is 4. The van der Waals surface area contributed by atoms with Gasteiger partial charge in [-0.25, -0.2) is 19.2 Å². The van der Waals surface area contributed by atoms with Crippen molar-refractivity contribution in [1.82, 2.24) is 0 Å². The number of rotatable bonds is 14. The van der Waals surface area contributed by atoms with Crippen LogP contribution in [0, 0.1) is 10.8 Å². The third-order valence-corrected chi connectivity index (χ3v) is 4.29. The summed E-state index contributed by atoms with van der Waals surface area (Å²) in [6.07, 6.45) is 0. The molecule has 0 aliphatic rings. The van der Waals surface area contributed by atoms with Crippen LogP contribution in [-0.2, 0) is 23.9 Å². The Kier molecular flexibility index (Phi) is 30.9. The van der Waals surface area contributed by atoms with E-state index >= 15 is 0 Å². The van der Waals surface area contributed by atoms with Gasteiger partial charge >= 0.3 is 23.9 Å². The van der Waals surface area contributed by atoms with Crippen molar-refractivity contribution in [3.8, 4) is 0 Å². The zero-order valence-corrected chi connectivity index (χ0v) is 24.0. The minimum Gasteiger partial charge on any atom is -0.478 e. The summed E-state index contributed by atoms with van der Waals surface area (Å²) in [4.78, 5) is 38.4. The highest BCUT2D eigenvalue weighted by Crippen LogP contribution is 2.19. The molecule has 0 bridgehead atoms. The first-order chi connectivity index (χ1) is 18.6. The van der Waals surface area contributed by atoms with Crippen LogP contribution in [0.15, 0.2) is 48.6 Å². The SMILES string of the molecule is C=C(C)C(=O)O.C=C(C)C(=O)O.C=C(C)C(=O)O.C=C(C)C(=O)O.OCC(CO)(CO)COCC(CO)(CO)CO. The van der Waals surface area contributed by atoms with Crippen molar-refractivity contribution < 1.29 is 75.0 Å². The van der Waals surface area contributed by atoms with E-state index in [0.717, 1.165) is 0 Å². The Morgan fingerprint density at radius 2 is 0.585 bits per heavy atom. The van der Waals surface area contributed by atoms with Crippen molar-refractivity contribution in [2.24, 2.45) is 10.8 Å². The third kappa shape index (κ3) is 29.4. The zero-order chi connectivity index (χ0) is 34.0. The van der Waals surface area contributed by atoms with Gasteiger partial charge in [0, 0.05) is 22.3 Å². The molecule has 240 valence electrons. The predicted octanol–water partition coefficient (Wildman–Crippen LogP) is -0.482. The van der Waals surface area contributed by atoms with E-state index in [1.807, 2.05) is 0 Å². The molecule has 0 rings (SSSR count). The molecule has 0 saturated heterocycles. The maximum Gasteiger partial charge on any atom is 0.330 e. The molecule has 0 unspecified atom stereocenters. The summed E-state index contributed by atoms with van der Waals surface area (Å²) in [5.74, 6) is -3.74. The van der Waals surface area contributed by atoms with Crippen molar-refractivity contribution in [3.05, 3.63) is 48.6 Å². The molecule has 15 heteroatoms. The molecule has 0 spiro atoms. The molecule has 0 aromatic rings. The van der Waals surface area contributed by atoms with Crippen LogP contribution >= 0.6 is 0 Å². The van der Waals surface area contributed by atoms with E-state index < -0.39 is 74.3 Å². The second-order valence-electron chi connectivity index (χ2n) is 8.78. The molecule has 0 aromatic heterocycles. The molecule has 0 atom stereocenters. The summed E-state index contributed by atoms with van der Waals surface area (Å²) in [6, 6.07) is 0. The molecule has 0 heterocycles. The summed E-state index contributed by atoms with van der Waals surface area (Å²) in [5.41, 5.74) is -1.62. The summed E-state index contributed by atoms with van der Waals surface area (Å²) in [7, 11) is 0. The Labute approximate surface area is 239 Å². The summed E-state index contributed by atoms with van der Waals surface area (Å²) >= 11 is 0. The number of carboxylic acids is 4. The summed E-state index contributed by atoms with van der Waals surface area (Å²) in [6.45, 7) is 15.4. The fraction of sp³-hybridized carbons (Fsp3) is 0.538. The van der Waals surface area contributed by atoms with E-state index in [4.69, 9.17) is 55.8 Å². The van der Waals surface area contributed by atoms with Gasteiger partial charge in [0.05, 0.1) is 63.7 Å². The van der Waals surface area contributed by atoms with Gasteiger partial charge in [-0.1, -0.05) is 26.3 Å². The number of hydrogen-bond acceptors (Lipinski definition) is 11. The molecule has 0 aliphatic carbocycles. The van der Waals surface area contributed by atoms with E-state index in [1.165, 1.54) is 27.7 Å². The summed E-state index contributed by atoms with van der Waals surface area (Å²) < 4.78 is 5.15. The number of aliphatic carboxylic acids is 4. The first-order valence-corrected chi connectivity index (χ1v) is 11.4. The fourth-order valence-electron chi connectivity index (χ4n) is 1.06. The molecule has 15 nitrogen and oxygen atoms in total. The maximum absolute atomic E-state index is 9.60. The topological polar surface area (TPSA) is 280 Å². The van der Waals surface area contributed by atoms with Crippen LogP contribution in [0.5, 0.6) is 0 Å². The zero-order valence-electron chi connectivity index (χ0n) is 24.0. The Balaban J connectivity index is -0.000000149. The highest BCUT2D eigenvalue weighted by Gasteiger charge is 2.32. The maximum atomic E-state index is 9.60. The lowest BCUT2D eigenvalue weighted by molar-refractivity contribution is -0.133. The highest BCUT2D eigenvalue weighted by atomic mass is 16.5. The van der Waals surface area contributed by atoms with Gasteiger partial charge in [0.2, 0.25) is 0 Å². The van der Waals surface area contributed by atoms with Crippen molar-refractivity contribution >= 4 is 23.9 Å². The van der Waals surface area contributed by atoms with Crippen LogP contribution in [0.1, 0.15) is 27.7 Å². The monoisotopic (exact) mass is 598 g/mol. The molecular weight excluding hydrogens is 552 g/mol. The van der Waals surface area contributed by atoms with Gasteiger partial charge in [0.1, 0.15) is 0 Å². The van der Waals surface area contributed by atoms with Crippen LogP contribution in [-0.4, -0.2) is 128 Å². The Morgan fingerprint density at radius 3 is 0.659 bits per heavy atom. The van der Waals surface area contributed by atoms with E-state index in [2.05, 4.69) is 26.3 Å². The molecule has 0 saturated carbocycles. The lowest BCUT2D eigenvalue weighted by atomic mass is 9.91. The standard InChI is InChI=1S/C10H22O7.4C4H6O2/c11-1-9(2-12,3-13)7-17-8-10(4-14,5-15)6-16;4*1-3(2)4(5)6/h11-16H,1-8H2;4*1H2,2H3,(H,5,6). The van der Waals surface area contributed by atoms with Crippen molar-refractivity contribution in [3.63, 3.8) is 0 Å². The van der Waals surface area contributed by atoms with Gasteiger partial charge in [-0.05, 0) is 27.7 Å². The molecule has 10 N–H and O–H groups in total. The number of aliphatic hydroxyl groups excluding tert-OH is 6. The van der Waals surface area contributed by atoms with E-state index in [-0.39, 0.29) is 35.5 Å². The summed E-state index contributed by atoms with van der Waals surface area (Å²) in [5, 5.41) is 85.7. The minimum atomic E-state index is -1.16. The Bertz CT molecular complexity index is 657. The third-order valence-electron chi connectivity index (χ3n) is 4.29. The van der Waals surface area contributed by atoms with E-state index in [0.29, 0.717) is 0 Å². The van der Waals surface area contributed by atoms with Crippen molar-refractivity contribution in [2.45, 2.75) is 27.7 Å². The van der Waals surface area contributed by atoms with Crippen LogP contribution in [0.25, 0.3) is 0 Å². The predicted molar refractivity (Wildman–Crippen MR) is 148 cm³/mol. The molecule has 0 aromatic carbocycles. The number of ether oxygens (including phenoxy) is 1. The van der Waals surface area contributed by atoms with Crippen LogP contribution in [0.3, 0.4) is 0 Å². The Hall–Kier alpha value is -3.44. The van der Waals surface area contributed by atoms with Gasteiger partial charge in [0.25, 0.3) is 0 Å². The van der Waals surface area contributed by atoms with E-state index in [1.54, 1.807) is 0 Å². The average molecular weight is 599 g/mol. The molecule has 41 heavy (non-hydrogen) atoms. The van der Waals surface area contributed by atoms with Gasteiger partial charge in [-0.15, -0.1) is 0 Å². The van der Waals surface area contributed by atoms with Crippen LogP contribution < -0.4 is 0 Å². The van der Waals surface area contributed by atoms with Crippen molar-refractivity contribution in [1.29, 1.82) is 0 Å². The highest BCUT2D eigenvalue weighted by molar-refractivity contribution is 5.85. The van der Waals surface area contributed by atoms with Crippen molar-refractivity contribution in [2.75, 3.05) is 52.9 Å². The largest absolute Gasteiger partial charge is 0.478 e. The van der Waals surface area contributed by atoms with Gasteiger partial charge in [0.15, 0.2) is 0 Å². The first kappa shape index (κ1) is 47.4. The first-order valence-electron chi connectivity index (χ1n) is 11.4. The number of carbonyl (C=O) groups is 4. The lowest BCUT2D eigenvalue weighted by Gasteiger charge is -2.31. The van der Waals surface area contributed by atoms with Crippen LogP contribution in [0.4, 0.5) is 0 Å². The molecule has 0 amide bonds. The van der Waals surface area contributed by atoms with Gasteiger partial charge < -0.3 is 55.8 Å². The fourth-order valence-corrected chi connectivity index (χ4v) is 1.06. The van der Waals surface area contributed by atoms with Gasteiger partial charge in [-0.2, -0.15) is 0 Å². The van der Waals surface area contributed by atoms with Gasteiger partial charge in [-0.3, -0.25) is 0 Å². The molecule has 0 aliphatic heterocycles. The van der Waals surface area contributed by atoms with Crippen LogP contribution in [0.2, 0.25) is 0 Å². The minimum absolute atomic E-state index is 0.141. The second-order valence-corrected chi connectivity index (χ2v) is 8.78.